The summed E-state index contributed by atoms with van der Waals surface area (Å²) in [4.78, 5) is 4.59. The van der Waals surface area contributed by atoms with Gasteiger partial charge in [0, 0.05) is 0 Å². The van der Waals surface area contributed by atoms with Gasteiger partial charge in [0.15, 0.2) is 0 Å². The van der Waals surface area contributed by atoms with Gasteiger partial charge in [-0.3, -0.25) is 10.2 Å². The predicted octanol–water partition coefficient (Wildman–Crippen LogP) is -0.586. The van der Waals surface area contributed by atoms with Crippen LogP contribution in [0.5, 0.6) is 0 Å². The van der Waals surface area contributed by atoms with Gasteiger partial charge in [0.25, 0.3) is 0 Å². The Kier molecular flexibility index (Phi) is 1.05. The van der Waals surface area contributed by atoms with Gasteiger partial charge in [-0.1, -0.05) is 6.92 Å². The molecule has 1 aliphatic rings. The van der Waals surface area contributed by atoms with Crippen molar-refractivity contribution >= 4 is 0 Å². The van der Waals surface area contributed by atoms with E-state index in [9.17, 15) is 0 Å². The minimum absolute atomic E-state index is 0.148. The van der Waals surface area contributed by atoms with E-state index in [0.29, 0.717) is 0 Å². The molecule has 0 amide bonds. The van der Waals surface area contributed by atoms with Crippen molar-refractivity contribution in [2.75, 3.05) is 6.54 Å². The molecule has 1 aliphatic heterocycles. The van der Waals surface area contributed by atoms with Crippen molar-refractivity contribution in [3.63, 3.8) is 0 Å². The first-order valence-electron chi connectivity index (χ1n) is 2.08. The molecule has 1 saturated heterocycles. The van der Waals surface area contributed by atoms with Crippen LogP contribution in [0.15, 0.2) is 0 Å². The Morgan fingerprint density at radius 2 is 2.67 bits per heavy atom. The minimum atomic E-state index is 0.148. The van der Waals surface area contributed by atoms with Crippen molar-refractivity contribution in [1.82, 2.24) is 10.8 Å². The lowest BCUT2D eigenvalue weighted by atomic mass is 10.7. The van der Waals surface area contributed by atoms with Gasteiger partial charge < -0.3 is 0 Å². The molecule has 0 radical (unpaired) electrons. The lowest BCUT2D eigenvalue weighted by Crippen LogP contribution is -2.18. The maximum absolute atomic E-state index is 4.59. The van der Waals surface area contributed by atoms with Crippen molar-refractivity contribution in [3.05, 3.63) is 0 Å². The van der Waals surface area contributed by atoms with Gasteiger partial charge in [0.1, 0.15) is 0 Å². The van der Waals surface area contributed by atoms with Crippen LogP contribution in [0.25, 0.3) is 0 Å². The van der Waals surface area contributed by atoms with Crippen molar-refractivity contribution in [2.45, 2.75) is 13.3 Å². The summed E-state index contributed by atoms with van der Waals surface area (Å²) in [6.07, 6.45) is 0.148. The van der Waals surface area contributed by atoms with Crippen LogP contribution in [0, 0.1) is 0 Å². The molecular weight excluding hydrogens is 80.0 g/mol. The minimum Gasteiger partial charge on any atom is -0.277 e. The fourth-order valence-electron chi connectivity index (χ4n) is 0.303. The van der Waals surface area contributed by atoms with E-state index in [1.54, 1.807) is 0 Å². The van der Waals surface area contributed by atoms with Crippen LogP contribution in [-0.2, 0) is 4.84 Å². The molecule has 1 rings (SSSR count). The Balaban J connectivity index is 1.88. The smallest absolute Gasteiger partial charge is 0.204 e. The third-order valence-electron chi connectivity index (χ3n) is 0.625. The summed E-state index contributed by atoms with van der Waals surface area (Å²) < 4.78 is 0. The van der Waals surface area contributed by atoms with E-state index in [4.69, 9.17) is 0 Å². The Morgan fingerprint density at radius 3 is 2.83 bits per heavy atom. The van der Waals surface area contributed by atoms with Crippen LogP contribution >= 0.6 is 0 Å². The molecular formula is C3H8N2O. The van der Waals surface area contributed by atoms with E-state index in [1.807, 2.05) is 6.92 Å². The first-order chi connectivity index (χ1) is 2.93. The van der Waals surface area contributed by atoms with E-state index >= 15 is 0 Å². The summed E-state index contributed by atoms with van der Waals surface area (Å²) in [6.45, 7) is 2.99. The van der Waals surface area contributed by atoms with E-state index in [2.05, 4.69) is 15.6 Å². The van der Waals surface area contributed by atoms with Crippen molar-refractivity contribution in [1.29, 1.82) is 0 Å². The molecule has 3 heteroatoms. The highest BCUT2D eigenvalue weighted by Crippen LogP contribution is 1.90. The second kappa shape index (κ2) is 1.55. The highest BCUT2D eigenvalue weighted by Gasteiger charge is 2.18. The molecule has 0 bridgehead atoms. The van der Waals surface area contributed by atoms with Gasteiger partial charge >= 0.3 is 0 Å². The van der Waals surface area contributed by atoms with Crippen LogP contribution in [0.2, 0.25) is 0 Å². The Morgan fingerprint density at radius 1 is 2.00 bits per heavy atom. The normalized spacial score (nSPS) is 30.5. The molecule has 36 valence electrons. The molecule has 2 N–H and O–H groups in total. The largest absolute Gasteiger partial charge is 0.277 e. The van der Waals surface area contributed by atoms with Crippen LogP contribution in [0.4, 0.5) is 0 Å². The summed E-state index contributed by atoms with van der Waals surface area (Å²) in [5.74, 6) is 0. The molecule has 1 fully saturated rings. The molecule has 0 aliphatic carbocycles. The van der Waals surface area contributed by atoms with E-state index in [-0.39, 0.29) is 6.35 Å². The standard InChI is InChI=1S/C3H8N2O/c1-2-4-3-5-6-3/h3-5H,2H2,1H3. The first kappa shape index (κ1) is 4.05. The molecule has 3 nitrogen and oxygen atoms in total. The van der Waals surface area contributed by atoms with Gasteiger partial charge in [-0.2, -0.15) is 5.48 Å². The van der Waals surface area contributed by atoms with Crippen LogP contribution in [0.1, 0.15) is 6.92 Å². The Hall–Kier alpha value is -0.120. The molecule has 1 atom stereocenters. The second-order valence-electron chi connectivity index (χ2n) is 1.17. The maximum Gasteiger partial charge on any atom is 0.204 e. The molecule has 0 spiro atoms. The number of rotatable bonds is 2. The lowest BCUT2D eigenvalue weighted by Gasteiger charge is -1.84. The first-order valence-corrected chi connectivity index (χ1v) is 2.08. The maximum atomic E-state index is 4.59. The third kappa shape index (κ3) is 0.931. The molecule has 0 saturated carbocycles. The van der Waals surface area contributed by atoms with E-state index in [1.165, 1.54) is 0 Å². The van der Waals surface area contributed by atoms with Gasteiger partial charge in [0.05, 0.1) is 0 Å². The molecule has 0 aromatic heterocycles. The zero-order valence-electron chi connectivity index (χ0n) is 3.69. The van der Waals surface area contributed by atoms with Gasteiger partial charge in [0.2, 0.25) is 6.35 Å². The Labute approximate surface area is 36.6 Å². The second-order valence-corrected chi connectivity index (χ2v) is 1.17. The summed E-state index contributed by atoms with van der Waals surface area (Å²) >= 11 is 0. The quantitative estimate of drug-likeness (QED) is 0.444. The van der Waals surface area contributed by atoms with Gasteiger partial charge in [-0.05, 0) is 6.54 Å². The SMILES string of the molecule is CCNC1NO1. The summed E-state index contributed by atoms with van der Waals surface area (Å²) in [5, 5.41) is 2.99. The number of nitrogens with one attached hydrogen (secondary N) is 2. The van der Waals surface area contributed by atoms with E-state index in [0.717, 1.165) is 6.54 Å². The fourth-order valence-corrected chi connectivity index (χ4v) is 0.303. The fraction of sp³-hybridized carbons (Fsp3) is 1.00. The van der Waals surface area contributed by atoms with Gasteiger partial charge in [-0.25, -0.2) is 0 Å². The van der Waals surface area contributed by atoms with Crippen molar-refractivity contribution in [2.24, 2.45) is 0 Å². The number of hydrogen-bond acceptors (Lipinski definition) is 3. The molecule has 1 unspecified atom stereocenters. The molecule has 1 heterocycles. The monoisotopic (exact) mass is 88.1 g/mol. The van der Waals surface area contributed by atoms with Crippen LogP contribution < -0.4 is 10.8 Å². The average Bonchev–Trinajstić information content (AvgIpc) is 2.21. The zero-order valence-corrected chi connectivity index (χ0v) is 3.69. The average molecular weight is 88.1 g/mol. The lowest BCUT2D eigenvalue weighted by molar-refractivity contribution is 0.347. The third-order valence-corrected chi connectivity index (χ3v) is 0.625. The molecule has 0 aromatic carbocycles. The summed E-state index contributed by atoms with van der Waals surface area (Å²) in [7, 11) is 0. The van der Waals surface area contributed by atoms with Gasteiger partial charge in [-0.15, -0.1) is 0 Å². The topological polar surface area (TPSA) is 46.5 Å². The number of hydrogen-bond donors (Lipinski definition) is 2. The molecule has 6 heavy (non-hydrogen) atoms. The van der Waals surface area contributed by atoms with Crippen LogP contribution in [-0.4, -0.2) is 12.9 Å². The summed E-state index contributed by atoms with van der Waals surface area (Å²) in [6, 6.07) is 0. The Bertz CT molecular complexity index is 44.1. The van der Waals surface area contributed by atoms with Crippen LogP contribution in [0.3, 0.4) is 0 Å². The summed E-state index contributed by atoms with van der Waals surface area (Å²) in [5.41, 5.74) is 2.62. The van der Waals surface area contributed by atoms with Crippen molar-refractivity contribution in [3.8, 4) is 0 Å². The highest BCUT2D eigenvalue weighted by molar-refractivity contribution is 4.50. The van der Waals surface area contributed by atoms with E-state index < -0.39 is 0 Å². The zero-order chi connectivity index (χ0) is 4.41. The molecule has 0 aromatic rings. The van der Waals surface area contributed by atoms with Crippen molar-refractivity contribution < 1.29 is 4.84 Å². The predicted molar refractivity (Wildman–Crippen MR) is 21.7 cm³/mol. The number of hydroxylamine groups is 1. The highest BCUT2D eigenvalue weighted by atomic mass is 16.8.